The molecule has 1 aromatic heterocycles. The molecule has 0 spiro atoms. The highest BCUT2D eigenvalue weighted by Crippen LogP contribution is 2.32. The van der Waals surface area contributed by atoms with Gasteiger partial charge in [0.2, 0.25) is 0 Å². The highest BCUT2D eigenvalue weighted by atomic mass is 35.5. The second-order valence-electron chi connectivity index (χ2n) is 7.93. The van der Waals surface area contributed by atoms with Crippen LogP contribution in [0, 0.1) is 11.8 Å². The van der Waals surface area contributed by atoms with Gasteiger partial charge in [0.25, 0.3) is 5.91 Å². The molecule has 2 aromatic carbocycles. The van der Waals surface area contributed by atoms with Crippen LogP contribution in [0.3, 0.4) is 0 Å². The summed E-state index contributed by atoms with van der Waals surface area (Å²) in [5.74, 6) is 1.12. The van der Waals surface area contributed by atoms with Crippen molar-refractivity contribution in [3.8, 4) is 0 Å². The third-order valence-electron chi connectivity index (χ3n) is 6.00. The van der Waals surface area contributed by atoms with Crippen molar-refractivity contribution in [1.29, 1.82) is 0 Å². The Hall–Kier alpha value is -2.04. The summed E-state index contributed by atoms with van der Waals surface area (Å²) < 4.78 is 0. The third kappa shape index (κ3) is 4.59. The number of carbonyl (C=O) groups is 1. The second-order valence-corrected chi connectivity index (χ2v) is 9.46. The summed E-state index contributed by atoms with van der Waals surface area (Å²) in [5, 5.41) is 5.72. The molecule has 0 radical (unpaired) electrons. The van der Waals surface area contributed by atoms with E-state index in [9.17, 15) is 4.79 Å². The van der Waals surface area contributed by atoms with Gasteiger partial charge in [-0.2, -0.15) is 0 Å². The van der Waals surface area contributed by atoms with Crippen LogP contribution in [0.1, 0.15) is 43.5 Å². The highest BCUT2D eigenvalue weighted by molar-refractivity contribution is 7.99. The normalized spacial score (nSPS) is 21.8. The Morgan fingerprint density at radius 3 is 2.66 bits per heavy atom. The molecule has 1 fully saturated rings. The zero-order valence-corrected chi connectivity index (χ0v) is 18.3. The van der Waals surface area contributed by atoms with Crippen LogP contribution < -0.4 is 5.32 Å². The number of para-hydroxylation sites is 1. The van der Waals surface area contributed by atoms with Gasteiger partial charge in [-0.05, 0) is 54.7 Å². The molecule has 1 amide bonds. The van der Waals surface area contributed by atoms with E-state index < -0.39 is 0 Å². The van der Waals surface area contributed by atoms with E-state index in [-0.39, 0.29) is 11.9 Å². The zero-order chi connectivity index (χ0) is 20.4. The third-order valence-corrected chi connectivity index (χ3v) is 7.17. The predicted octanol–water partition coefficient (Wildman–Crippen LogP) is 6.59. The Balaban J connectivity index is 1.65. The topological polar surface area (TPSA) is 42.0 Å². The molecule has 4 rings (SSSR count). The SMILES string of the molecule is CC1CCCC(NC(=O)c2cc(Sc3ccc(Cl)cc3)nc3ccccc23)C1C. The summed E-state index contributed by atoms with van der Waals surface area (Å²) in [5.41, 5.74) is 1.53. The monoisotopic (exact) mass is 424 g/mol. The Bertz CT molecular complexity index is 1020. The number of benzene rings is 2. The number of rotatable bonds is 4. The van der Waals surface area contributed by atoms with Crippen molar-refractivity contribution in [2.75, 3.05) is 0 Å². The molecule has 3 aromatic rings. The van der Waals surface area contributed by atoms with E-state index in [2.05, 4.69) is 19.2 Å². The average molecular weight is 425 g/mol. The zero-order valence-electron chi connectivity index (χ0n) is 16.7. The van der Waals surface area contributed by atoms with Crippen molar-refractivity contribution >= 4 is 40.2 Å². The number of halogens is 1. The average Bonchev–Trinajstić information content (AvgIpc) is 2.72. The summed E-state index contributed by atoms with van der Waals surface area (Å²) in [6.07, 6.45) is 3.46. The molecular formula is C24H25ClN2OS. The van der Waals surface area contributed by atoms with E-state index in [0.717, 1.165) is 27.2 Å². The quantitative estimate of drug-likeness (QED) is 0.513. The summed E-state index contributed by atoms with van der Waals surface area (Å²) in [6, 6.07) is 17.7. The van der Waals surface area contributed by atoms with Gasteiger partial charge in [-0.1, -0.05) is 68.3 Å². The Morgan fingerprint density at radius 2 is 1.86 bits per heavy atom. The number of fused-ring (bicyclic) bond motifs is 1. The first-order chi connectivity index (χ1) is 14.0. The smallest absolute Gasteiger partial charge is 0.252 e. The van der Waals surface area contributed by atoms with Gasteiger partial charge in [-0.15, -0.1) is 0 Å². The summed E-state index contributed by atoms with van der Waals surface area (Å²) in [7, 11) is 0. The molecule has 1 heterocycles. The number of nitrogens with zero attached hydrogens (tertiary/aromatic N) is 1. The van der Waals surface area contributed by atoms with Crippen molar-refractivity contribution in [3.05, 3.63) is 65.2 Å². The lowest BCUT2D eigenvalue weighted by Gasteiger charge is -2.34. The molecule has 3 atom stereocenters. The summed E-state index contributed by atoms with van der Waals surface area (Å²) in [6.45, 7) is 4.53. The lowest BCUT2D eigenvalue weighted by molar-refractivity contribution is 0.0892. The fourth-order valence-electron chi connectivity index (χ4n) is 4.05. The number of hydrogen-bond donors (Lipinski definition) is 1. The first-order valence-corrected chi connectivity index (χ1v) is 11.3. The Kier molecular flexibility index (Phi) is 6.12. The van der Waals surface area contributed by atoms with Gasteiger partial charge in [0.1, 0.15) is 5.03 Å². The first-order valence-electron chi connectivity index (χ1n) is 10.2. The van der Waals surface area contributed by atoms with E-state index in [1.165, 1.54) is 24.6 Å². The van der Waals surface area contributed by atoms with Gasteiger partial charge in [-0.25, -0.2) is 4.98 Å². The molecule has 0 saturated heterocycles. The molecule has 150 valence electrons. The van der Waals surface area contributed by atoms with Crippen molar-refractivity contribution in [3.63, 3.8) is 0 Å². The van der Waals surface area contributed by atoms with Gasteiger partial charge in [0.05, 0.1) is 11.1 Å². The van der Waals surface area contributed by atoms with Gasteiger partial charge in [-0.3, -0.25) is 4.79 Å². The molecule has 1 aliphatic carbocycles. The molecule has 0 bridgehead atoms. The minimum atomic E-state index is -0.00694. The summed E-state index contributed by atoms with van der Waals surface area (Å²) in [4.78, 5) is 19.1. The van der Waals surface area contributed by atoms with Crippen LogP contribution in [-0.2, 0) is 0 Å². The maximum absolute atomic E-state index is 13.3. The fourth-order valence-corrected chi connectivity index (χ4v) is 5.01. The van der Waals surface area contributed by atoms with Crippen molar-refractivity contribution in [2.45, 2.75) is 49.1 Å². The molecule has 29 heavy (non-hydrogen) atoms. The van der Waals surface area contributed by atoms with Crippen molar-refractivity contribution in [1.82, 2.24) is 10.3 Å². The molecule has 1 N–H and O–H groups in total. The predicted molar refractivity (Wildman–Crippen MR) is 121 cm³/mol. The number of amides is 1. The molecular weight excluding hydrogens is 400 g/mol. The van der Waals surface area contributed by atoms with E-state index in [1.54, 1.807) is 0 Å². The van der Waals surface area contributed by atoms with E-state index in [1.807, 2.05) is 54.6 Å². The maximum Gasteiger partial charge on any atom is 0.252 e. The van der Waals surface area contributed by atoms with Gasteiger partial charge < -0.3 is 5.32 Å². The highest BCUT2D eigenvalue weighted by Gasteiger charge is 2.29. The van der Waals surface area contributed by atoms with E-state index in [0.29, 0.717) is 22.4 Å². The number of nitrogens with one attached hydrogen (secondary N) is 1. The van der Waals surface area contributed by atoms with Crippen LogP contribution in [-0.4, -0.2) is 16.9 Å². The second kappa shape index (κ2) is 8.76. The van der Waals surface area contributed by atoms with Crippen LogP contribution in [0.2, 0.25) is 5.02 Å². The standard InChI is InChI=1S/C24H25ClN2OS/c1-15-6-5-9-21(16(15)2)27-24(28)20-14-23(26-22-8-4-3-7-19(20)22)29-18-12-10-17(25)11-13-18/h3-4,7-8,10-16,21H,5-6,9H2,1-2H3,(H,27,28). The first kappa shape index (κ1) is 20.2. The van der Waals surface area contributed by atoms with Crippen molar-refractivity contribution < 1.29 is 4.79 Å². The molecule has 1 saturated carbocycles. The van der Waals surface area contributed by atoms with Gasteiger partial charge in [0.15, 0.2) is 0 Å². The van der Waals surface area contributed by atoms with Gasteiger partial charge in [0, 0.05) is 21.3 Å². The van der Waals surface area contributed by atoms with Crippen LogP contribution in [0.4, 0.5) is 0 Å². The maximum atomic E-state index is 13.3. The number of pyridine rings is 1. The molecule has 3 nitrogen and oxygen atoms in total. The number of aromatic nitrogens is 1. The van der Waals surface area contributed by atoms with E-state index >= 15 is 0 Å². The van der Waals surface area contributed by atoms with Crippen LogP contribution in [0.5, 0.6) is 0 Å². The number of hydrogen-bond acceptors (Lipinski definition) is 3. The van der Waals surface area contributed by atoms with Crippen LogP contribution in [0.15, 0.2) is 64.5 Å². The largest absolute Gasteiger partial charge is 0.349 e. The van der Waals surface area contributed by atoms with Crippen LogP contribution >= 0.6 is 23.4 Å². The van der Waals surface area contributed by atoms with Gasteiger partial charge >= 0.3 is 0 Å². The lowest BCUT2D eigenvalue weighted by atomic mass is 9.78. The lowest BCUT2D eigenvalue weighted by Crippen LogP contribution is -2.43. The Morgan fingerprint density at radius 1 is 1.10 bits per heavy atom. The molecule has 3 unspecified atom stereocenters. The molecule has 0 aliphatic heterocycles. The fraction of sp³-hybridized carbons (Fsp3) is 0.333. The van der Waals surface area contributed by atoms with Crippen molar-refractivity contribution in [2.24, 2.45) is 11.8 Å². The summed E-state index contributed by atoms with van der Waals surface area (Å²) >= 11 is 7.54. The molecule has 5 heteroatoms. The minimum absolute atomic E-state index is 0.00694. The minimum Gasteiger partial charge on any atom is -0.349 e. The number of carbonyl (C=O) groups excluding carboxylic acids is 1. The Labute approximate surface area is 181 Å². The van der Waals surface area contributed by atoms with Crippen LogP contribution in [0.25, 0.3) is 10.9 Å². The van der Waals surface area contributed by atoms with E-state index in [4.69, 9.17) is 16.6 Å². The molecule has 1 aliphatic rings.